The maximum absolute atomic E-state index is 5.91. The number of benzene rings is 3. The van der Waals surface area contributed by atoms with E-state index >= 15 is 0 Å². The van der Waals surface area contributed by atoms with Gasteiger partial charge in [-0.1, -0.05) is 91.0 Å². The standard InChI is InChI=1S/C27H28N2O3/c1-4-10-23(11-5-1)19-29(16-17-30-21-24-12-6-2-7-13-24)20-26-18-27(28-32-26)31-22-25-14-8-3-9-15-25/h1-15,18H,16-17,19-22H2. The number of nitrogens with zero attached hydrogens (tertiary/aromatic N) is 2. The first-order valence-electron chi connectivity index (χ1n) is 10.9. The highest BCUT2D eigenvalue weighted by Crippen LogP contribution is 2.17. The second-order valence-electron chi connectivity index (χ2n) is 7.64. The summed E-state index contributed by atoms with van der Waals surface area (Å²) in [4.78, 5) is 2.29. The summed E-state index contributed by atoms with van der Waals surface area (Å²) in [6.45, 7) is 3.92. The van der Waals surface area contributed by atoms with Gasteiger partial charge in [0.2, 0.25) is 0 Å². The molecule has 0 radical (unpaired) electrons. The first-order chi connectivity index (χ1) is 15.8. The highest BCUT2D eigenvalue weighted by atomic mass is 16.5. The Morgan fingerprint density at radius 1 is 0.688 bits per heavy atom. The number of aromatic nitrogens is 1. The molecule has 1 heterocycles. The number of hydrogen-bond donors (Lipinski definition) is 0. The van der Waals surface area contributed by atoms with Crippen molar-refractivity contribution < 1.29 is 14.0 Å². The minimum absolute atomic E-state index is 0.466. The zero-order valence-electron chi connectivity index (χ0n) is 18.1. The molecule has 0 saturated heterocycles. The number of hydrogen-bond acceptors (Lipinski definition) is 5. The third kappa shape index (κ3) is 7.08. The zero-order chi connectivity index (χ0) is 21.8. The van der Waals surface area contributed by atoms with Crippen molar-refractivity contribution >= 4 is 0 Å². The van der Waals surface area contributed by atoms with Gasteiger partial charge >= 0.3 is 0 Å². The van der Waals surface area contributed by atoms with Gasteiger partial charge in [-0.25, -0.2) is 0 Å². The summed E-state index contributed by atoms with van der Waals surface area (Å²) in [7, 11) is 0. The van der Waals surface area contributed by atoms with Crippen molar-refractivity contribution in [2.45, 2.75) is 26.3 Å². The molecule has 0 bridgehead atoms. The first kappa shape index (κ1) is 21.8. The summed E-state index contributed by atoms with van der Waals surface area (Å²) in [6.07, 6.45) is 0. The van der Waals surface area contributed by atoms with E-state index in [0.29, 0.717) is 32.2 Å². The van der Waals surface area contributed by atoms with E-state index in [1.54, 1.807) is 0 Å². The van der Waals surface area contributed by atoms with Gasteiger partial charge in [-0.3, -0.25) is 4.90 Å². The van der Waals surface area contributed by atoms with Crippen LogP contribution in [0.2, 0.25) is 0 Å². The molecule has 0 aliphatic rings. The summed E-state index contributed by atoms with van der Waals surface area (Å²) in [6, 6.07) is 32.5. The van der Waals surface area contributed by atoms with Crippen LogP contribution in [0.15, 0.2) is 102 Å². The van der Waals surface area contributed by atoms with Crippen molar-refractivity contribution in [2.24, 2.45) is 0 Å². The van der Waals surface area contributed by atoms with Crippen LogP contribution in [0.4, 0.5) is 0 Å². The molecule has 0 aliphatic heterocycles. The van der Waals surface area contributed by atoms with E-state index in [2.05, 4.69) is 46.5 Å². The minimum atomic E-state index is 0.466. The molecule has 3 aromatic carbocycles. The van der Waals surface area contributed by atoms with Crippen LogP contribution in [0, 0.1) is 0 Å². The Bertz CT molecular complexity index is 1040. The average Bonchev–Trinajstić information content (AvgIpc) is 3.30. The van der Waals surface area contributed by atoms with Gasteiger partial charge in [0.15, 0.2) is 5.76 Å². The molecule has 0 unspecified atom stereocenters. The average molecular weight is 429 g/mol. The van der Waals surface area contributed by atoms with E-state index in [9.17, 15) is 0 Å². The summed E-state index contributed by atoms with van der Waals surface area (Å²) < 4.78 is 17.2. The molecule has 0 aliphatic carbocycles. The highest BCUT2D eigenvalue weighted by Gasteiger charge is 2.12. The third-order valence-corrected chi connectivity index (χ3v) is 5.06. The van der Waals surface area contributed by atoms with Gasteiger partial charge in [-0.2, -0.15) is 0 Å². The Hall–Kier alpha value is -3.41. The van der Waals surface area contributed by atoms with E-state index in [1.165, 1.54) is 11.1 Å². The molecule has 1 aromatic heterocycles. The van der Waals surface area contributed by atoms with Gasteiger partial charge < -0.3 is 14.0 Å². The Morgan fingerprint density at radius 2 is 1.28 bits per heavy atom. The number of ether oxygens (including phenoxy) is 2. The summed E-state index contributed by atoms with van der Waals surface area (Å²) in [5.41, 5.74) is 3.52. The molecule has 5 heteroatoms. The molecular weight excluding hydrogens is 400 g/mol. The van der Waals surface area contributed by atoms with Crippen molar-refractivity contribution in [3.8, 4) is 5.88 Å². The van der Waals surface area contributed by atoms with Crippen LogP contribution < -0.4 is 4.74 Å². The SMILES string of the molecule is c1ccc(COCCN(Cc2ccccc2)Cc2cc(OCc3ccccc3)no2)cc1. The number of rotatable bonds is 12. The Labute approximate surface area is 189 Å². The quantitative estimate of drug-likeness (QED) is 0.280. The molecule has 0 fully saturated rings. The molecule has 164 valence electrons. The maximum atomic E-state index is 5.91. The third-order valence-electron chi connectivity index (χ3n) is 5.06. The van der Waals surface area contributed by atoms with Crippen molar-refractivity contribution in [3.05, 3.63) is 120 Å². The fraction of sp³-hybridized carbons (Fsp3) is 0.222. The van der Waals surface area contributed by atoms with Crippen molar-refractivity contribution in [1.82, 2.24) is 10.1 Å². The van der Waals surface area contributed by atoms with Crippen LogP contribution in [-0.2, 0) is 31.0 Å². The Morgan fingerprint density at radius 3 is 1.94 bits per heavy atom. The first-order valence-corrected chi connectivity index (χ1v) is 10.9. The minimum Gasteiger partial charge on any atom is -0.471 e. The largest absolute Gasteiger partial charge is 0.471 e. The van der Waals surface area contributed by atoms with Crippen molar-refractivity contribution in [2.75, 3.05) is 13.2 Å². The van der Waals surface area contributed by atoms with Crippen LogP contribution in [0.1, 0.15) is 22.5 Å². The van der Waals surface area contributed by atoms with Gasteiger partial charge in [0.1, 0.15) is 6.61 Å². The van der Waals surface area contributed by atoms with Crippen LogP contribution >= 0.6 is 0 Å². The Kier molecular flexibility index (Phi) is 8.07. The van der Waals surface area contributed by atoms with E-state index in [-0.39, 0.29) is 0 Å². The summed E-state index contributed by atoms with van der Waals surface area (Å²) in [5.74, 6) is 1.27. The van der Waals surface area contributed by atoms with Crippen LogP contribution in [-0.4, -0.2) is 23.2 Å². The lowest BCUT2D eigenvalue weighted by Crippen LogP contribution is -2.26. The molecule has 0 atom stereocenters. The fourth-order valence-corrected chi connectivity index (χ4v) is 3.40. The van der Waals surface area contributed by atoms with Gasteiger partial charge in [-0.05, 0) is 21.8 Å². The molecule has 0 saturated carbocycles. The van der Waals surface area contributed by atoms with Crippen LogP contribution in [0.25, 0.3) is 0 Å². The topological polar surface area (TPSA) is 47.7 Å². The molecule has 32 heavy (non-hydrogen) atoms. The normalized spacial score (nSPS) is 11.0. The molecule has 4 rings (SSSR count). The van der Waals surface area contributed by atoms with E-state index < -0.39 is 0 Å². The predicted octanol–water partition coefficient (Wildman–Crippen LogP) is 5.47. The van der Waals surface area contributed by atoms with Crippen molar-refractivity contribution in [3.63, 3.8) is 0 Å². The van der Waals surface area contributed by atoms with Gasteiger partial charge in [0, 0.05) is 19.2 Å². The highest BCUT2D eigenvalue weighted by molar-refractivity contribution is 5.17. The lowest BCUT2D eigenvalue weighted by molar-refractivity contribution is 0.0846. The monoisotopic (exact) mass is 428 g/mol. The van der Waals surface area contributed by atoms with Gasteiger partial charge in [-0.15, -0.1) is 0 Å². The van der Waals surface area contributed by atoms with Crippen molar-refractivity contribution in [1.29, 1.82) is 0 Å². The molecule has 0 N–H and O–H groups in total. The lowest BCUT2D eigenvalue weighted by atomic mass is 10.2. The van der Waals surface area contributed by atoms with E-state index in [4.69, 9.17) is 14.0 Å². The van der Waals surface area contributed by atoms with Crippen LogP contribution in [0.5, 0.6) is 5.88 Å². The second kappa shape index (κ2) is 11.8. The second-order valence-corrected chi connectivity index (χ2v) is 7.64. The lowest BCUT2D eigenvalue weighted by Gasteiger charge is -2.21. The summed E-state index contributed by atoms with van der Waals surface area (Å²) >= 11 is 0. The van der Waals surface area contributed by atoms with Crippen LogP contribution in [0.3, 0.4) is 0 Å². The zero-order valence-corrected chi connectivity index (χ0v) is 18.1. The van der Waals surface area contributed by atoms with Gasteiger partial charge in [0.25, 0.3) is 5.88 Å². The smallest absolute Gasteiger partial charge is 0.254 e. The molecule has 0 spiro atoms. The predicted molar refractivity (Wildman–Crippen MR) is 124 cm³/mol. The van der Waals surface area contributed by atoms with E-state index in [1.807, 2.05) is 60.7 Å². The Balaban J connectivity index is 1.31. The fourth-order valence-electron chi connectivity index (χ4n) is 3.40. The van der Waals surface area contributed by atoms with E-state index in [0.717, 1.165) is 24.4 Å². The molecule has 4 aromatic rings. The molecule has 0 amide bonds. The molecule has 5 nitrogen and oxygen atoms in total. The summed E-state index contributed by atoms with van der Waals surface area (Å²) in [5, 5.41) is 4.07. The maximum Gasteiger partial charge on any atom is 0.254 e. The molecular formula is C27H28N2O3. The van der Waals surface area contributed by atoms with Gasteiger partial charge in [0.05, 0.1) is 19.8 Å².